The Labute approximate surface area is 114 Å². The van der Waals surface area contributed by atoms with Gasteiger partial charge in [0.25, 0.3) is 0 Å². The Hall–Kier alpha value is -1.06. The van der Waals surface area contributed by atoms with E-state index in [1.54, 1.807) is 6.92 Å². The van der Waals surface area contributed by atoms with Gasteiger partial charge in [0.15, 0.2) is 0 Å². The quantitative estimate of drug-likeness (QED) is 0.883. The first-order chi connectivity index (χ1) is 8.16. The fourth-order valence-corrected chi connectivity index (χ4v) is 2.29. The minimum absolute atomic E-state index is 0. The summed E-state index contributed by atoms with van der Waals surface area (Å²) in [6, 6.07) is 6.41. The van der Waals surface area contributed by atoms with Gasteiger partial charge in [-0.15, -0.1) is 12.4 Å². The predicted molar refractivity (Wildman–Crippen MR) is 74.5 cm³/mol. The lowest BCUT2D eigenvalue weighted by atomic mass is 9.95. The topological polar surface area (TPSA) is 49.3 Å². The number of fused-ring (bicyclic) bond motifs is 1. The summed E-state index contributed by atoms with van der Waals surface area (Å²) >= 11 is 0. The molecule has 2 rings (SSSR count). The van der Waals surface area contributed by atoms with Gasteiger partial charge in [0.2, 0.25) is 0 Å². The van der Waals surface area contributed by atoms with Gasteiger partial charge in [-0.1, -0.05) is 25.1 Å². The largest absolute Gasteiger partial charge is 0.481 e. The monoisotopic (exact) mass is 269 g/mol. The van der Waals surface area contributed by atoms with E-state index in [-0.39, 0.29) is 18.3 Å². The van der Waals surface area contributed by atoms with Crippen molar-refractivity contribution in [3.05, 3.63) is 34.9 Å². The maximum atomic E-state index is 10.8. The van der Waals surface area contributed by atoms with Crippen molar-refractivity contribution in [1.82, 2.24) is 5.32 Å². The van der Waals surface area contributed by atoms with Gasteiger partial charge in [-0.05, 0) is 49.0 Å². The van der Waals surface area contributed by atoms with Gasteiger partial charge in [0.1, 0.15) is 0 Å². The van der Waals surface area contributed by atoms with Gasteiger partial charge in [0.05, 0.1) is 5.92 Å². The van der Waals surface area contributed by atoms with E-state index in [2.05, 4.69) is 23.5 Å². The Morgan fingerprint density at radius 1 is 1.33 bits per heavy atom. The van der Waals surface area contributed by atoms with Crippen molar-refractivity contribution in [3.8, 4) is 0 Å². The van der Waals surface area contributed by atoms with Crippen LogP contribution in [0.1, 0.15) is 23.6 Å². The van der Waals surface area contributed by atoms with Gasteiger partial charge in [-0.2, -0.15) is 0 Å². The molecule has 1 aromatic carbocycles. The highest BCUT2D eigenvalue weighted by Gasteiger charge is 2.13. The van der Waals surface area contributed by atoms with Crippen LogP contribution in [0.25, 0.3) is 0 Å². The highest BCUT2D eigenvalue weighted by Crippen LogP contribution is 2.17. The normalized spacial score (nSPS) is 16.1. The van der Waals surface area contributed by atoms with E-state index in [1.807, 2.05) is 0 Å². The molecule has 100 valence electrons. The average molecular weight is 270 g/mol. The molecule has 0 bridgehead atoms. The molecule has 3 nitrogen and oxygen atoms in total. The summed E-state index contributed by atoms with van der Waals surface area (Å²) in [6.45, 7) is 3.82. The van der Waals surface area contributed by atoms with Crippen LogP contribution < -0.4 is 5.32 Å². The van der Waals surface area contributed by atoms with Gasteiger partial charge >= 0.3 is 5.97 Å². The van der Waals surface area contributed by atoms with Crippen molar-refractivity contribution in [2.75, 3.05) is 13.1 Å². The number of benzene rings is 1. The molecule has 0 saturated carbocycles. The second-order valence-corrected chi connectivity index (χ2v) is 4.80. The molecule has 0 unspecified atom stereocenters. The molecule has 0 aromatic heterocycles. The van der Waals surface area contributed by atoms with Gasteiger partial charge in [-0.3, -0.25) is 4.79 Å². The van der Waals surface area contributed by atoms with Crippen LogP contribution in [0.5, 0.6) is 0 Å². The molecule has 0 fully saturated rings. The van der Waals surface area contributed by atoms with Crippen LogP contribution in [0.4, 0.5) is 0 Å². The Morgan fingerprint density at radius 2 is 2.00 bits per heavy atom. The van der Waals surface area contributed by atoms with E-state index in [4.69, 9.17) is 5.11 Å². The molecule has 0 saturated heterocycles. The van der Waals surface area contributed by atoms with Crippen LogP contribution in [-0.4, -0.2) is 24.2 Å². The molecule has 1 atom stereocenters. The van der Waals surface area contributed by atoms with E-state index in [0.29, 0.717) is 6.42 Å². The Morgan fingerprint density at radius 3 is 2.67 bits per heavy atom. The lowest BCUT2D eigenvalue weighted by Crippen LogP contribution is -2.16. The third-order valence-electron chi connectivity index (χ3n) is 3.38. The predicted octanol–water partition coefficient (Wildman–Crippen LogP) is 2.06. The summed E-state index contributed by atoms with van der Waals surface area (Å²) in [6.07, 6.45) is 2.74. The zero-order valence-corrected chi connectivity index (χ0v) is 11.4. The number of aliphatic carboxylic acids is 1. The first kappa shape index (κ1) is 15.0. The number of carboxylic acid groups (broad SMARTS) is 1. The fraction of sp³-hybridized carbons (Fsp3) is 0.500. The molecule has 0 radical (unpaired) electrons. The van der Waals surface area contributed by atoms with Crippen molar-refractivity contribution in [2.24, 2.45) is 5.92 Å². The Bertz CT molecular complexity index is 420. The number of nitrogens with one attached hydrogen (secondary N) is 1. The number of carboxylic acids is 1. The molecular weight excluding hydrogens is 250 g/mol. The highest BCUT2D eigenvalue weighted by molar-refractivity contribution is 5.85. The number of rotatable bonds is 3. The van der Waals surface area contributed by atoms with E-state index < -0.39 is 5.97 Å². The number of hydrogen-bond donors (Lipinski definition) is 2. The van der Waals surface area contributed by atoms with Crippen molar-refractivity contribution >= 4 is 18.4 Å². The molecule has 0 amide bonds. The van der Waals surface area contributed by atoms with Crippen molar-refractivity contribution in [2.45, 2.75) is 26.2 Å². The summed E-state index contributed by atoms with van der Waals surface area (Å²) in [5, 5.41) is 12.3. The maximum Gasteiger partial charge on any atom is 0.306 e. The van der Waals surface area contributed by atoms with E-state index in [0.717, 1.165) is 31.5 Å². The zero-order chi connectivity index (χ0) is 12.3. The average Bonchev–Trinajstić information content (AvgIpc) is 2.53. The maximum absolute atomic E-state index is 10.8. The highest BCUT2D eigenvalue weighted by atomic mass is 35.5. The first-order valence-electron chi connectivity index (χ1n) is 6.21. The lowest BCUT2D eigenvalue weighted by molar-refractivity contribution is -0.141. The van der Waals surface area contributed by atoms with Gasteiger partial charge in [0, 0.05) is 0 Å². The molecule has 1 aliphatic heterocycles. The number of hydrogen-bond acceptors (Lipinski definition) is 2. The fourth-order valence-electron chi connectivity index (χ4n) is 2.29. The lowest BCUT2D eigenvalue weighted by Gasteiger charge is -2.10. The molecule has 1 heterocycles. The van der Waals surface area contributed by atoms with Crippen molar-refractivity contribution in [3.63, 3.8) is 0 Å². The SMILES string of the molecule is C[C@H](Cc1ccc2c(c1)CCNCC2)C(=O)O.Cl. The third-order valence-corrected chi connectivity index (χ3v) is 3.38. The van der Waals surface area contributed by atoms with Gasteiger partial charge in [-0.25, -0.2) is 0 Å². The third kappa shape index (κ3) is 3.72. The summed E-state index contributed by atoms with van der Waals surface area (Å²) < 4.78 is 0. The molecule has 18 heavy (non-hydrogen) atoms. The first-order valence-corrected chi connectivity index (χ1v) is 6.21. The molecule has 0 spiro atoms. The van der Waals surface area contributed by atoms with Crippen LogP contribution in [0, 0.1) is 5.92 Å². The second-order valence-electron chi connectivity index (χ2n) is 4.80. The van der Waals surface area contributed by atoms with Crippen LogP contribution in [-0.2, 0) is 24.1 Å². The van der Waals surface area contributed by atoms with Crippen LogP contribution >= 0.6 is 12.4 Å². The van der Waals surface area contributed by atoms with Crippen molar-refractivity contribution in [1.29, 1.82) is 0 Å². The van der Waals surface area contributed by atoms with E-state index in [9.17, 15) is 4.79 Å². The minimum atomic E-state index is -0.721. The standard InChI is InChI=1S/C14H19NO2.ClH/c1-10(14(16)17)8-11-2-3-12-4-6-15-7-5-13(12)9-11;/h2-3,9-10,15H,4-8H2,1H3,(H,16,17);1H/t10-;/m1./s1. The minimum Gasteiger partial charge on any atom is -0.481 e. The molecular formula is C14H20ClNO2. The summed E-state index contributed by atoms with van der Waals surface area (Å²) in [4.78, 5) is 10.8. The molecule has 4 heteroatoms. The van der Waals surface area contributed by atoms with Crippen LogP contribution in [0.2, 0.25) is 0 Å². The number of halogens is 1. The Balaban J connectivity index is 0.00000162. The Kier molecular flexibility index (Phi) is 5.63. The molecule has 1 aliphatic rings. The summed E-state index contributed by atoms with van der Waals surface area (Å²) in [7, 11) is 0. The van der Waals surface area contributed by atoms with Gasteiger partial charge < -0.3 is 10.4 Å². The summed E-state index contributed by atoms with van der Waals surface area (Å²) in [5.41, 5.74) is 3.92. The van der Waals surface area contributed by atoms with Crippen LogP contribution in [0.15, 0.2) is 18.2 Å². The van der Waals surface area contributed by atoms with E-state index in [1.165, 1.54) is 11.1 Å². The molecule has 0 aliphatic carbocycles. The van der Waals surface area contributed by atoms with Crippen molar-refractivity contribution < 1.29 is 9.90 Å². The molecule has 1 aromatic rings. The summed E-state index contributed by atoms with van der Waals surface area (Å²) in [5.74, 6) is -1.03. The van der Waals surface area contributed by atoms with Crippen LogP contribution in [0.3, 0.4) is 0 Å². The smallest absolute Gasteiger partial charge is 0.306 e. The van der Waals surface area contributed by atoms with E-state index >= 15 is 0 Å². The molecule has 2 N–H and O–H groups in total. The number of carbonyl (C=O) groups is 1. The second kappa shape index (κ2) is 6.76. The zero-order valence-electron chi connectivity index (χ0n) is 10.6.